The third-order valence-corrected chi connectivity index (χ3v) is 7.09. The fraction of sp³-hybridized carbons (Fsp3) is 0.565. The number of aromatic nitrogens is 6. The lowest BCUT2D eigenvalue weighted by molar-refractivity contribution is -0.137. The molecule has 0 N–H and O–H groups in total. The number of piperazine rings is 1. The monoisotopic (exact) mass is 522 g/mol. The van der Waals surface area contributed by atoms with Crippen LogP contribution in [0.3, 0.4) is 0 Å². The van der Waals surface area contributed by atoms with Gasteiger partial charge in [0.2, 0.25) is 10.9 Å². The van der Waals surface area contributed by atoms with Gasteiger partial charge in [-0.15, -0.1) is 0 Å². The maximum absolute atomic E-state index is 13.6. The zero-order valence-corrected chi connectivity index (χ0v) is 21.9. The molecule has 1 amide bonds. The van der Waals surface area contributed by atoms with E-state index in [-0.39, 0.29) is 29.6 Å². The van der Waals surface area contributed by atoms with Crippen molar-refractivity contribution in [2.45, 2.75) is 65.7 Å². The van der Waals surface area contributed by atoms with E-state index in [0.717, 1.165) is 0 Å². The molecule has 36 heavy (non-hydrogen) atoms. The molecule has 1 saturated heterocycles. The number of amides is 1. The molecule has 9 nitrogen and oxygen atoms in total. The summed E-state index contributed by atoms with van der Waals surface area (Å²) < 4.78 is 42.4. The smallest absolute Gasteiger partial charge is 0.358 e. The number of carbonyl (C=O) groups excluding carboxylic acids is 1. The summed E-state index contributed by atoms with van der Waals surface area (Å²) >= 11 is 0.605. The van der Waals surface area contributed by atoms with Gasteiger partial charge in [0.15, 0.2) is 0 Å². The number of anilines is 1. The molecule has 1 fully saturated rings. The van der Waals surface area contributed by atoms with Gasteiger partial charge in [0.25, 0.3) is 0 Å². The van der Waals surface area contributed by atoms with Crippen LogP contribution in [0.15, 0.2) is 12.4 Å². The van der Waals surface area contributed by atoms with Crippen molar-refractivity contribution in [3.63, 3.8) is 0 Å². The summed E-state index contributed by atoms with van der Waals surface area (Å²) in [5, 5.41) is 3.73. The predicted octanol–water partition coefficient (Wildman–Crippen LogP) is 3.86. The lowest BCUT2D eigenvalue weighted by atomic mass is 9.96. The van der Waals surface area contributed by atoms with Crippen molar-refractivity contribution in [2.24, 2.45) is 0 Å². The molecule has 1 aliphatic heterocycles. The van der Waals surface area contributed by atoms with Gasteiger partial charge in [0.1, 0.15) is 34.7 Å². The summed E-state index contributed by atoms with van der Waals surface area (Å²) in [7, 11) is 0. The van der Waals surface area contributed by atoms with Crippen LogP contribution in [0, 0.1) is 13.8 Å². The molecule has 0 radical (unpaired) electrons. The van der Waals surface area contributed by atoms with Crippen molar-refractivity contribution in [3.05, 3.63) is 34.9 Å². The fourth-order valence-electron chi connectivity index (χ4n) is 4.12. The first-order chi connectivity index (χ1) is 16.7. The Kier molecular flexibility index (Phi) is 6.80. The van der Waals surface area contributed by atoms with Gasteiger partial charge in [-0.2, -0.15) is 18.3 Å². The molecule has 1 aliphatic rings. The Morgan fingerprint density at radius 2 is 1.78 bits per heavy atom. The summed E-state index contributed by atoms with van der Waals surface area (Å²) in [6, 6.07) is -0.222. The summed E-state index contributed by atoms with van der Waals surface area (Å²) in [6.07, 6.45) is -1.52. The van der Waals surface area contributed by atoms with E-state index in [9.17, 15) is 18.0 Å². The Morgan fingerprint density at radius 1 is 1.11 bits per heavy atom. The SMILES string of the molecule is Cc1nc(C)n(CC(=O)N2CCN(c3sc(C(F)(F)F)nc3-c3cnc(C(C)(C)C)nc3)C[C@H]2C)n1. The van der Waals surface area contributed by atoms with E-state index in [4.69, 9.17) is 0 Å². The lowest BCUT2D eigenvalue weighted by Crippen LogP contribution is -2.54. The van der Waals surface area contributed by atoms with Crippen LogP contribution in [0.1, 0.15) is 50.2 Å². The van der Waals surface area contributed by atoms with Crippen molar-refractivity contribution in [2.75, 3.05) is 24.5 Å². The van der Waals surface area contributed by atoms with Crippen molar-refractivity contribution in [1.29, 1.82) is 0 Å². The summed E-state index contributed by atoms with van der Waals surface area (Å²) in [5.74, 6) is 1.73. The molecule has 3 aromatic heterocycles. The number of hydrogen-bond donors (Lipinski definition) is 0. The van der Waals surface area contributed by atoms with Gasteiger partial charge in [0.05, 0.1) is 0 Å². The molecule has 4 heterocycles. The highest BCUT2D eigenvalue weighted by atomic mass is 32.1. The van der Waals surface area contributed by atoms with E-state index in [1.807, 2.05) is 32.6 Å². The van der Waals surface area contributed by atoms with Gasteiger partial charge in [-0.1, -0.05) is 32.1 Å². The van der Waals surface area contributed by atoms with Gasteiger partial charge < -0.3 is 9.80 Å². The Balaban J connectivity index is 1.57. The fourth-order valence-corrected chi connectivity index (χ4v) is 5.11. The van der Waals surface area contributed by atoms with Gasteiger partial charge in [-0.3, -0.25) is 4.79 Å². The van der Waals surface area contributed by atoms with Crippen molar-refractivity contribution in [3.8, 4) is 11.3 Å². The zero-order chi connectivity index (χ0) is 26.4. The first kappa shape index (κ1) is 26.0. The van der Waals surface area contributed by atoms with E-state index in [1.165, 1.54) is 12.4 Å². The van der Waals surface area contributed by atoms with Crippen LogP contribution in [-0.4, -0.2) is 66.2 Å². The average Bonchev–Trinajstić information content (AvgIpc) is 3.36. The molecule has 0 spiro atoms. The largest absolute Gasteiger partial charge is 0.443 e. The second kappa shape index (κ2) is 9.41. The maximum atomic E-state index is 13.6. The molecule has 194 valence electrons. The zero-order valence-electron chi connectivity index (χ0n) is 21.1. The molecule has 0 aliphatic carbocycles. The van der Waals surface area contributed by atoms with Crippen LogP contribution in [-0.2, 0) is 22.9 Å². The minimum Gasteiger partial charge on any atom is -0.358 e. The minimum absolute atomic E-state index is 0.0680. The highest BCUT2D eigenvalue weighted by Gasteiger charge is 2.38. The number of halogens is 3. The van der Waals surface area contributed by atoms with Crippen molar-refractivity contribution >= 4 is 22.2 Å². The molecule has 0 unspecified atom stereocenters. The minimum atomic E-state index is -4.57. The van der Waals surface area contributed by atoms with Crippen LogP contribution < -0.4 is 4.90 Å². The number of aryl methyl sites for hydroxylation is 2. The van der Waals surface area contributed by atoms with E-state index < -0.39 is 11.2 Å². The number of thiazole rings is 1. The Hall–Kier alpha value is -3.09. The number of rotatable bonds is 4. The third-order valence-electron chi connectivity index (χ3n) is 5.93. The second-order valence-electron chi connectivity index (χ2n) is 9.96. The number of carbonyl (C=O) groups is 1. The molecule has 0 aromatic carbocycles. The first-order valence-electron chi connectivity index (χ1n) is 11.6. The Labute approximate surface area is 211 Å². The van der Waals surface area contributed by atoms with E-state index in [2.05, 4.69) is 25.0 Å². The van der Waals surface area contributed by atoms with Gasteiger partial charge in [-0.25, -0.2) is 24.6 Å². The molecular formula is C23H29F3N8OS. The molecular weight excluding hydrogens is 493 g/mol. The van der Waals surface area contributed by atoms with Crippen LogP contribution in [0.4, 0.5) is 18.2 Å². The molecule has 0 bridgehead atoms. The Bertz CT molecular complexity index is 1250. The van der Waals surface area contributed by atoms with Gasteiger partial charge in [-0.05, 0) is 20.8 Å². The van der Waals surface area contributed by atoms with Crippen molar-refractivity contribution < 1.29 is 18.0 Å². The number of nitrogens with zero attached hydrogens (tertiary/aromatic N) is 8. The van der Waals surface area contributed by atoms with Crippen LogP contribution in [0.2, 0.25) is 0 Å². The molecule has 3 aromatic rings. The normalized spacial score (nSPS) is 17.1. The lowest BCUT2D eigenvalue weighted by Gasteiger charge is -2.40. The third kappa shape index (κ3) is 5.35. The summed E-state index contributed by atoms with van der Waals surface area (Å²) in [6.45, 7) is 12.5. The van der Waals surface area contributed by atoms with Crippen LogP contribution in [0.25, 0.3) is 11.3 Å². The highest BCUT2D eigenvalue weighted by molar-refractivity contribution is 7.16. The first-order valence-corrected chi connectivity index (χ1v) is 12.4. The van der Waals surface area contributed by atoms with E-state index in [0.29, 0.717) is 59.0 Å². The van der Waals surface area contributed by atoms with E-state index >= 15 is 0 Å². The molecule has 1 atom stereocenters. The quantitative estimate of drug-likeness (QED) is 0.514. The standard InChI is InChI=1S/C23H29F3N8OS/c1-13-11-32(7-8-33(13)17(35)12-34-15(3)29-14(2)31-34)19-18(30-21(36-19)23(24,25)26)16-9-27-20(28-10-16)22(4,5)6/h9-10,13H,7-8,11-12H2,1-6H3/t13-/m1/s1. The molecule has 4 rings (SSSR count). The molecule has 13 heteroatoms. The average molecular weight is 523 g/mol. The topological polar surface area (TPSA) is 92.9 Å². The van der Waals surface area contributed by atoms with Gasteiger partial charge >= 0.3 is 6.18 Å². The molecule has 0 saturated carbocycles. The predicted molar refractivity (Wildman–Crippen MR) is 130 cm³/mol. The van der Waals surface area contributed by atoms with Crippen LogP contribution in [0.5, 0.6) is 0 Å². The van der Waals surface area contributed by atoms with E-state index in [1.54, 1.807) is 23.4 Å². The summed E-state index contributed by atoms with van der Waals surface area (Å²) in [4.78, 5) is 33.5. The highest BCUT2D eigenvalue weighted by Crippen LogP contribution is 2.43. The second-order valence-corrected chi connectivity index (χ2v) is 10.9. The number of alkyl halides is 3. The Morgan fingerprint density at radius 3 is 2.31 bits per heavy atom. The van der Waals surface area contributed by atoms with Crippen LogP contribution >= 0.6 is 11.3 Å². The number of hydrogen-bond acceptors (Lipinski definition) is 8. The maximum Gasteiger partial charge on any atom is 0.443 e. The van der Waals surface area contributed by atoms with Gasteiger partial charge in [0, 0.05) is 49.0 Å². The summed E-state index contributed by atoms with van der Waals surface area (Å²) in [5.41, 5.74) is 0.337. The van der Waals surface area contributed by atoms with Crippen molar-refractivity contribution in [1.82, 2.24) is 34.6 Å².